The number of hydrogen-bond acceptors (Lipinski definition) is 5. The van der Waals surface area contributed by atoms with E-state index in [0.29, 0.717) is 0 Å². The minimum absolute atomic E-state index is 0.144. The Labute approximate surface area is 150 Å². The molecule has 0 fully saturated rings. The molecule has 0 amide bonds. The SMILES string of the molecule is O=C(OCc1ccc2n[nH]nc2c1)c1ccn(-c2cccc(Br)c2)n1. The lowest BCUT2D eigenvalue weighted by Crippen LogP contribution is -2.07. The van der Waals surface area contributed by atoms with E-state index in [4.69, 9.17) is 4.74 Å². The van der Waals surface area contributed by atoms with Crippen molar-refractivity contribution in [3.05, 3.63) is 70.5 Å². The largest absolute Gasteiger partial charge is 0.456 e. The first kappa shape index (κ1) is 15.5. The number of ether oxygens (including phenoxy) is 1. The third-order valence-corrected chi connectivity index (χ3v) is 4.11. The van der Waals surface area contributed by atoms with Gasteiger partial charge in [-0.1, -0.05) is 28.1 Å². The van der Waals surface area contributed by atoms with E-state index in [1.165, 1.54) is 0 Å². The molecule has 25 heavy (non-hydrogen) atoms. The molecule has 1 N–H and O–H groups in total. The second kappa shape index (κ2) is 6.48. The number of carbonyl (C=O) groups is 1. The zero-order valence-corrected chi connectivity index (χ0v) is 14.5. The van der Waals surface area contributed by atoms with Crippen LogP contribution in [0.15, 0.2) is 59.2 Å². The molecule has 124 valence electrons. The second-order valence-electron chi connectivity index (χ2n) is 5.35. The third kappa shape index (κ3) is 3.29. The summed E-state index contributed by atoms with van der Waals surface area (Å²) in [5.41, 5.74) is 3.43. The number of nitrogens with zero attached hydrogens (tertiary/aromatic N) is 4. The van der Waals surface area contributed by atoms with Crippen molar-refractivity contribution in [2.75, 3.05) is 0 Å². The first-order valence-corrected chi connectivity index (χ1v) is 8.26. The van der Waals surface area contributed by atoms with Crippen LogP contribution in [0.5, 0.6) is 0 Å². The van der Waals surface area contributed by atoms with Gasteiger partial charge in [0.2, 0.25) is 0 Å². The molecule has 8 heteroatoms. The van der Waals surface area contributed by atoms with E-state index in [2.05, 4.69) is 36.4 Å². The van der Waals surface area contributed by atoms with Crippen molar-refractivity contribution in [1.82, 2.24) is 25.2 Å². The van der Waals surface area contributed by atoms with Crippen LogP contribution in [-0.2, 0) is 11.3 Å². The molecule has 0 saturated carbocycles. The van der Waals surface area contributed by atoms with Crippen LogP contribution >= 0.6 is 15.9 Å². The molecule has 2 heterocycles. The Morgan fingerprint density at radius 1 is 1.12 bits per heavy atom. The van der Waals surface area contributed by atoms with Crippen molar-refractivity contribution in [3.63, 3.8) is 0 Å². The van der Waals surface area contributed by atoms with Gasteiger partial charge in [0.1, 0.15) is 17.6 Å². The normalized spacial score (nSPS) is 10.9. The van der Waals surface area contributed by atoms with Gasteiger partial charge in [-0.05, 0) is 42.0 Å². The minimum atomic E-state index is -0.478. The molecule has 0 atom stereocenters. The number of aromatic nitrogens is 5. The van der Waals surface area contributed by atoms with Gasteiger partial charge in [0.05, 0.1) is 5.69 Å². The van der Waals surface area contributed by atoms with Crippen molar-refractivity contribution in [3.8, 4) is 5.69 Å². The van der Waals surface area contributed by atoms with Crippen LogP contribution in [0, 0.1) is 0 Å². The Morgan fingerprint density at radius 3 is 2.88 bits per heavy atom. The highest BCUT2D eigenvalue weighted by Gasteiger charge is 2.12. The van der Waals surface area contributed by atoms with E-state index in [0.717, 1.165) is 26.8 Å². The molecule has 0 radical (unpaired) electrons. The zero-order valence-electron chi connectivity index (χ0n) is 12.9. The molecule has 2 aromatic carbocycles. The lowest BCUT2D eigenvalue weighted by Gasteiger charge is -2.03. The van der Waals surface area contributed by atoms with Gasteiger partial charge >= 0.3 is 5.97 Å². The fraction of sp³-hybridized carbons (Fsp3) is 0.0588. The average molecular weight is 398 g/mol. The van der Waals surface area contributed by atoms with E-state index >= 15 is 0 Å². The summed E-state index contributed by atoms with van der Waals surface area (Å²) in [6.45, 7) is 0.144. The molecule has 2 aromatic heterocycles. The van der Waals surface area contributed by atoms with E-state index in [1.54, 1.807) is 16.9 Å². The summed E-state index contributed by atoms with van der Waals surface area (Å²) < 4.78 is 7.90. The summed E-state index contributed by atoms with van der Waals surface area (Å²) in [5, 5.41) is 14.8. The number of halogens is 1. The molecular formula is C17H12BrN5O2. The number of nitrogens with one attached hydrogen (secondary N) is 1. The van der Waals surface area contributed by atoms with E-state index in [1.807, 2.05) is 42.5 Å². The Morgan fingerprint density at radius 2 is 2.00 bits per heavy atom. The Hall–Kier alpha value is -3.00. The van der Waals surface area contributed by atoms with Gasteiger partial charge in [0.15, 0.2) is 5.69 Å². The Kier molecular flexibility index (Phi) is 4.02. The van der Waals surface area contributed by atoms with Crippen molar-refractivity contribution >= 4 is 32.9 Å². The molecule has 7 nitrogen and oxygen atoms in total. The van der Waals surface area contributed by atoms with Gasteiger partial charge in [-0.2, -0.15) is 20.5 Å². The van der Waals surface area contributed by atoms with E-state index in [9.17, 15) is 4.79 Å². The molecule has 4 aromatic rings. The van der Waals surface area contributed by atoms with Crippen molar-refractivity contribution in [1.29, 1.82) is 0 Å². The predicted molar refractivity (Wildman–Crippen MR) is 94.3 cm³/mol. The number of aromatic amines is 1. The smallest absolute Gasteiger partial charge is 0.359 e. The highest BCUT2D eigenvalue weighted by atomic mass is 79.9. The maximum atomic E-state index is 12.2. The topological polar surface area (TPSA) is 85.7 Å². The number of benzene rings is 2. The number of carbonyl (C=O) groups excluding carboxylic acids is 1. The first-order valence-electron chi connectivity index (χ1n) is 7.47. The summed E-state index contributed by atoms with van der Waals surface area (Å²) in [5.74, 6) is -0.478. The quantitative estimate of drug-likeness (QED) is 0.534. The fourth-order valence-electron chi connectivity index (χ4n) is 2.39. The van der Waals surface area contributed by atoms with Crippen molar-refractivity contribution < 1.29 is 9.53 Å². The van der Waals surface area contributed by atoms with Gasteiger partial charge in [-0.3, -0.25) is 0 Å². The molecule has 0 aliphatic heterocycles. The van der Waals surface area contributed by atoms with Crippen LogP contribution in [0.4, 0.5) is 0 Å². The van der Waals surface area contributed by atoms with Crippen molar-refractivity contribution in [2.24, 2.45) is 0 Å². The molecule has 0 spiro atoms. The fourth-order valence-corrected chi connectivity index (χ4v) is 2.78. The molecule has 0 saturated heterocycles. The maximum Gasteiger partial charge on any atom is 0.359 e. The second-order valence-corrected chi connectivity index (χ2v) is 6.26. The van der Waals surface area contributed by atoms with Crippen LogP contribution in [0.3, 0.4) is 0 Å². The standard InChI is InChI=1S/C17H12BrN5O2/c18-12-2-1-3-13(9-12)23-7-6-15(21-23)17(24)25-10-11-4-5-14-16(8-11)20-22-19-14/h1-9H,10H2,(H,19,20,22). The number of hydrogen-bond donors (Lipinski definition) is 1. The molecule has 0 bridgehead atoms. The summed E-state index contributed by atoms with van der Waals surface area (Å²) in [7, 11) is 0. The van der Waals surface area contributed by atoms with Crippen LogP contribution in [0.1, 0.15) is 16.1 Å². The minimum Gasteiger partial charge on any atom is -0.456 e. The molecular weight excluding hydrogens is 386 g/mol. The Balaban J connectivity index is 1.46. The molecule has 0 unspecified atom stereocenters. The summed E-state index contributed by atoms with van der Waals surface area (Å²) in [6.07, 6.45) is 1.72. The highest BCUT2D eigenvalue weighted by Crippen LogP contribution is 2.16. The molecule has 0 aliphatic carbocycles. The highest BCUT2D eigenvalue weighted by molar-refractivity contribution is 9.10. The van der Waals surface area contributed by atoms with E-state index < -0.39 is 5.97 Å². The first-order chi connectivity index (χ1) is 12.2. The van der Waals surface area contributed by atoms with Crippen LogP contribution in [-0.4, -0.2) is 31.2 Å². The number of rotatable bonds is 4. The lowest BCUT2D eigenvalue weighted by molar-refractivity contribution is 0.0465. The van der Waals surface area contributed by atoms with Gasteiger partial charge < -0.3 is 4.74 Å². The van der Waals surface area contributed by atoms with Crippen LogP contribution < -0.4 is 0 Å². The monoisotopic (exact) mass is 397 g/mol. The van der Waals surface area contributed by atoms with Gasteiger partial charge in [0, 0.05) is 10.7 Å². The average Bonchev–Trinajstić information content (AvgIpc) is 3.28. The van der Waals surface area contributed by atoms with Gasteiger partial charge in [-0.25, -0.2) is 9.48 Å². The Bertz CT molecular complexity index is 1060. The van der Waals surface area contributed by atoms with Gasteiger partial charge in [-0.15, -0.1) is 0 Å². The third-order valence-electron chi connectivity index (χ3n) is 3.62. The summed E-state index contributed by atoms with van der Waals surface area (Å²) in [6, 6.07) is 14.8. The summed E-state index contributed by atoms with van der Waals surface area (Å²) in [4.78, 5) is 12.2. The molecule has 0 aliphatic rings. The predicted octanol–water partition coefficient (Wildman–Crippen LogP) is 3.26. The zero-order chi connectivity index (χ0) is 17.2. The number of H-pyrrole nitrogens is 1. The number of esters is 1. The molecule has 4 rings (SSSR count). The van der Waals surface area contributed by atoms with Gasteiger partial charge in [0.25, 0.3) is 0 Å². The van der Waals surface area contributed by atoms with E-state index in [-0.39, 0.29) is 12.3 Å². The number of fused-ring (bicyclic) bond motifs is 1. The maximum absolute atomic E-state index is 12.2. The van der Waals surface area contributed by atoms with Crippen LogP contribution in [0.25, 0.3) is 16.7 Å². The lowest BCUT2D eigenvalue weighted by atomic mass is 10.2. The van der Waals surface area contributed by atoms with Crippen molar-refractivity contribution in [2.45, 2.75) is 6.61 Å². The summed E-state index contributed by atoms with van der Waals surface area (Å²) >= 11 is 3.42. The van der Waals surface area contributed by atoms with Crippen LogP contribution in [0.2, 0.25) is 0 Å².